The zero-order valence-corrected chi connectivity index (χ0v) is 8.71. The van der Waals surface area contributed by atoms with E-state index in [0.717, 1.165) is 19.4 Å². The maximum absolute atomic E-state index is 11.0. The molecule has 1 unspecified atom stereocenters. The summed E-state index contributed by atoms with van der Waals surface area (Å²) in [5.74, 6) is 0.883. The van der Waals surface area contributed by atoms with Gasteiger partial charge < -0.3 is 14.8 Å². The predicted octanol–water partition coefficient (Wildman–Crippen LogP) is 0.522. The molecule has 0 aromatic rings. The third-order valence-corrected chi connectivity index (χ3v) is 3.57. The fourth-order valence-corrected chi connectivity index (χ4v) is 2.45. The highest BCUT2D eigenvalue weighted by molar-refractivity contribution is 5.78. The van der Waals surface area contributed by atoms with Gasteiger partial charge in [0, 0.05) is 40.0 Å². The van der Waals surface area contributed by atoms with Gasteiger partial charge in [0.25, 0.3) is 0 Å². The summed E-state index contributed by atoms with van der Waals surface area (Å²) in [6.07, 6.45) is 2.51. The molecule has 1 atom stereocenters. The van der Waals surface area contributed by atoms with Crippen molar-refractivity contribution in [2.75, 3.05) is 20.8 Å². The molecule has 1 amide bonds. The van der Waals surface area contributed by atoms with Gasteiger partial charge in [0.1, 0.15) is 0 Å². The van der Waals surface area contributed by atoms with Crippen molar-refractivity contribution in [3.05, 3.63) is 0 Å². The Morgan fingerprint density at radius 2 is 1.93 bits per heavy atom. The lowest BCUT2D eigenvalue weighted by Gasteiger charge is -2.47. The highest BCUT2D eigenvalue weighted by Crippen LogP contribution is 2.46. The van der Waals surface area contributed by atoms with Crippen molar-refractivity contribution in [3.8, 4) is 0 Å². The average Bonchev–Trinajstić information content (AvgIpc) is 2.52. The van der Waals surface area contributed by atoms with Crippen molar-refractivity contribution in [1.82, 2.24) is 5.32 Å². The molecule has 0 aromatic carbocycles. The van der Waals surface area contributed by atoms with Gasteiger partial charge in [-0.25, -0.2) is 0 Å². The zero-order valence-electron chi connectivity index (χ0n) is 8.71. The second-order valence-corrected chi connectivity index (χ2v) is 4.26. The Morgan fingerprint density at radius 3 is 2.36 bits per heavy atom. The molecule has 0 bridgehead atoms. The van der Waals surface area contributed by atoms with E-state index >= 15 is 0 Å². The lowest BCUT2D eigenvalue weighted by molar-refractivity contribution is -0.275. The molecule has 0 aromatic heterocycles. The first-order chi connectivity index (χ1) is 6.69. The molecule has 2 aliphatic rings. The van der Waals surface area contributed by atoms with Crippen LogP contribution in [0.1, 0.15) is 19.3 Å². The van der Waals surface area contributed by atoms with Gasteiger partial charge in [0.15, 0.2) is 5.79 Å². The summed E-state index contributed by atoms with van der Waals surface area (Å²) in [4.78, 5) is 11.0. The van der Waals surface area contributed by atoms with E-state index in [0.29, 0.717) is 18.3 Å². The number of carbonyl (C=O) groups excluding carboxylic acids is 1. The van der Waals surface area contributed by atoms with Gasteiger partial charge in [-0.2, -0.15) is 0 Å². The Hall–Kier alpha value is -0.610. The SMILES string of the molecule is COC1(OC)CC(C2CNC(=O)C2)C1. The smallest absolute Gasteiger partial charge is 0.220 e. The van der Waals surface area contributed by atoms with E-state index in [4.69, 9.17) is 9.47 Å². The molecule has 0 spiro atoms. The minimum Gasteiger partial charge on any atom is -0.356 e. The third kappa shape index (κ3) is 1.53. The van der Waals surface area contributed by atoms with E-state index in [1.165, 1.54) is 0 Å². The number of carbonyl (C=O) groups is 1. The summed E-state index contributed by atoms with van der Waals surface area (Å²) in [5.41, 5.74) is 0. The zero-order chi connectivity index (χ0) is 10.2. The second kappa shape index (κ2) is 3.51. The van der Waals surface area contributed by atoms with Crippen molar-refractivity contribution in [2.24, 2.45) is 11.8 Å². The lowest BCUT2D eigenvalue weighted by atomic mass is 9.71. The maximum atomic E-state index is 11.0. The fraction of sp³-hybridized carbons (Fsp3) is 0.900. The average molecular weight is 199 g/mol. The van der Waals surface area contributed by atoms with Crippen LogP contribution in [-0.2, 0) is 14.3 Å². The topological polar surface area (TPSA) is 47.6 Å². The number of hydrogen-bond donors (Lipinski definition) is 1. The molecule has 1 saturated heterocycles. The number of nitrogens with one attached hydrogen (secondary N) is 1. The standard InChI is InChI=1S/C10H17NO3/c1-13-10(14-2)4-8(5-10)7-3-9(12)11-6-7/h7-8H,3-6H2,1-2H3,(H,11,12). The Labute approximate surface area is 84.0 Å². The molecular weight excluding hydrogens is 182 g/mol. The molecule has 1 N–H and O–H groups in total. The van der Waals surface area contributed by atoms with Gasteiger partial charge in [-0.1, -0.05) is 0 Å². The van der Waals surface area contributed by atoms with Crippen LogP contribution in [0.2, 0.25) is 0 Å². The maximum Gasteiger partial charge on any atom is 0.220 e. The summed E-state index contributed by atoms with van der Waals surface area (Å²) in [7, 11) is 3.36. The van der Waals surface area contributed by atoms with Gasteiger partial charge in [-0.15, -0.1) is 0 Å². The van der Waals surface area contributed by atoms with Crippen molar-refractivity contribution >= 4 is 5.91 Å². The number of rotatable bonds is 3. The first-order valence-electron chi connectivity index (χ1n) is 5.06. The van der Waals surface area contributed by atoms with Gasteiger partial charge in [0.2, 0.25) is 5.91 Å². The van der Waals surface area contributed by atoms with Crippen molar-refractivity contribution < 1.29 is 14.3 Å². The first kappa shape index (κ1) is 9.93. The van der Waals surface area contributed by atoms with E-state index in [9.17, 15) is 4.79 Å². The number of methoxy groups -OCH3 is 2. The van der Waals surface area contributed by atoms with Gasteiger partial charge in [-0.3, -0.25) is 4.79 Å². The highest BCUT2D eigenvalue weighted by Gasteiger charge is 2.49. The monoisotopic (exact) mass is 199 g/mol. The summed E-state index contributed by atoms with van der Waals surface area (Å²) in [6.45, 7) is 0.826. The van der Waals surface area contributed by atoms with Gasteiger partial charge >= 0.3 is 0 Å². The highest BCUT2D eigenvalue weighted by atomic mass is 16.7. The van der Waals surface area contributed by atoms with Crippen molar-refractivity contribution in [3.63, 3.8) is 0 Å². The Kier molecular flexibility index (Phi) is 2.49. The summed E-state index contributed by atoms with van der Waals surface area (Å²) in [6, 6.07) is 0. The minimum absolute atomic E-state index is 0.183. The molecule has 1 heterocycles. The Bertz CT molecular complexity index is 230. The molecule has 1 aliphatic heterocycles. The molecule has 4 nitrogen and oxygen atoms in total. The van der Waals surface area contributed by atoms with Gasteiger partial charge in [0.05, 0.1) is 0 Å². The van der Waals surface area contributed by atoms with E-state index in [-0.39, 0.29) is 11.7 Å². The van der Waals surface area contributed by atoms with Crippen LogP contribution >= 0.6 is 0 Å². The summed E-state index contributed by atoms with van der Waals surface area (Å²) >= 11 is 0. The third-order valence-electron chi connectivity index (χ3n) is 3.57. The number of ether oxygens (including phenoxy) is 2. The molecule has 1 aliphatic carbocycles. The molecule has 1 saturated carbocycles. The Morgan fingerprint density at radius 1 is 1.29 bits per heavy atom. The van der Waals surface area contributed by atoms with Crippen LogP contribution in [0.3, 0.4) is 0 Å². The Balaban J connectivity index is 1.85. The minimum atomic E-state index is -0.365. The summed E-state index contributed by atoms with van der Waals surface area (Å²) < 4.78 is 10.6. The van der Waals surface area contributed by atoms with Crippen LogP contribution in [0.25, 0.3) is 0 Å². The molecule has 2 rings (SSSR count). The lowest BCUT2D eigenvalue weighted by Crippen LogP contribution is -2.49. The normalized spacial score (nSPS) is 31.3. The van der Waals surface area contributed by atoms with E-state index < -0.39 is 0 Å². The molecule has 4 heteroatoms. The fourth-order valence-electron chi connectivity index (χ4n) is 2.45. The van der Waals surface area contributed by atoms with Crippen LogP contribution in [0.4, 0.5) is 0 Å². The first-order valence-corrected chi connectivity index (χ1v) is 5.06. The molecule has 14 heavy (non-hydrogen) atoms. The number of hydrogen-bond acceptors (Lipinski definition) is 3. The van der Waals surface area contributed by atoms with Crippen LogP contribution in [0.5, 0.6) is 0 Å². The van der Waals surface area contributed by atoms with Crippen LogP contribution in [0.15, 0.2) is 0 Å². The van der Waals surface area contributed by atoms with Crippen LogP contribution < -0.4 is 5.32 Å². The quantitative estimate of drug-likeness (QED) is 0.674. The molecular formula is C10H17NO3. The summed E-state index contributed by atoms with van der Waals surface area (Å²) in [5, 5.41) is 2.86. The predicted molar refractivity (Wildman–Crippen MR) is 50.6 cm³/mol. The largest absolute Gasteiger partial charge is 0.356 e. The number of amides is 1. The van der Waals surface area contributed by atoms with Crippen molar-refractivity contribution in [2.45, 2.75) is 25.0 Å². The van der Waals surface area contributed by atoms with E-state index in [1.54, 1.807) is 14.2 Å². The molecule has 0 radical (unpaired) electrons. The van der Waals surface area contributed by atoms with Crippen LogP contribution in [-0.4, -0.2) is 32.5 Å². The molecule has 80 valence electrons. The molecule has 2 fully saturated rings. The van der Waals surface area contributed by atoms with E-state index in [1.807, 2.05) is 0 Å². The van der Waals surface area contributed by atoms with Gasteiger partial charge in [-0.05, 0) is 11.8 Å². The van der Waals surface area contributed by atoms with Crippen LogP contribution in [0, 0.1) is 11.8 Å². The van der Waals surface area contributed by atoms with Crippen molar-refractivity contribution in [1.29, 1.82) is 0 Å². The van der Waals surface area contributed by atoms with E-state index in [2.05, 4.69) is 5.32 Å². The second-order valence-electron chi connectivity index (χ2n) is 4.26.